The number of aromatic nitrogens is 1. The average Bonchev–Trinajstić information content (AvgIpc) is 2.38. The van der Waals surface area contributed by atoms with Crippen molar-refractivity contribution in [1.29, 1.82) is 0 Å². The van der Waals surface area contributed by atoms with Crippen LogP contribution in [-0.4, -0.2) is 10.1 Å². The molecule has 0 fully saturated rings. The maximum absolute atomic E-state index is 9.16. The van der Waals surface area contributed by atoms with Crippen molar-refractivity contribution in [2.75, 3.05) is 5.32 Å². The first-order valence-corrected chi connectivity index (χ1v) is 5.21. The number of aliphatic hydroxyl groups excluding tert-OH is 1. The third-order valence-electron chi connectivity index (χ3n) is 2.39. The smallest absolute Gasteiger partial charge is 0.0701 e. The van der Waals surface area contributed by atoms with Gasteiger partial charge in [-0.15, -0.1) is 0 Å². The molecule has 0 atom stereocenters. The molecule has 0 unspecified atom stereocenters. The number of anilines is 1. The fraction of sp³-hybridized carbons (Fsp3) is 0.154. The van der Waals surface area contributed by atoms with Gasteiger partial charge in [-0.1, -0.05) is 24.3 Å². The second kappa shape index (κ2) is 5.28. The van der Waals surface area contributed by atoms with Crippen molar-refractivity contribution in [2.24, 2.45) is 0 Å². The molecule has 0 aliphatic heterocycles. The molecule has 0 radical (unpaired) electrons. The van der Waals surface area contributed by atoms with Crippen LogP contribution in [0.3, 0.4) is 0 Å². The van der Waals surface area contributed by atoms with Crippen LogP contribution < -0.4 is 5.32 Å². The van der Waals surface area contributed by atoms with Crippen molar-refractivity contribution in [3.8, 4) is 0 Å². The fourth-order valence-electron chi connectivity index (χ4n) is 1.53. The SMILES string of the molecule is OCc1ccccc1NCc1cccnc1. The first kappa shape index (κ1) is 10.6. The quantitative estimate of drug-likeness (QED) is 0.820. The molecule has 0 saturated carbocycles. The van der Waals surface area contributed by atoms with E-state index in [4.69, 9.17) is 5.11 Å². The molecular formula is C13H14N2O. The second-order valence-electron chi connectivity index (χ2n) is 3.53. The lowest BCUT2D eigenvalue weighted by atomic mass is 10.2. The molecule has 1 aromatic carbocycles. The van der Waals surface area contributed by atoms with Gasteiger partial charge in [-0.3, -0.25) is 4.98 Å². The minimum Gasteiger partial charge on any atom is -0.392 e. The Morgan fingerprint density at radius 1 is 1.12 bits per heavy atom. The summed E-state index contributed by atoms with van der Waals surface area (Å²) < 4.78 is 0. The molecule has 0 spiro atoms. The molecule has 3 heteroatoms. The maximum Gasteiger partial charge on any atom is 0.0701 e. The van der Waals surface area contributed by atoms with Gasteiger partial charge < -0.3 is 10.4 Å². The highest BCUT2D eigenvalue weighted by Crippen LogP contribution is 2.15. The number of pyridine rings is 1. The molecule has 0 bridgehead atoms. The Balaban J connectivity index is 2.05. The molecule has 0 aliphatic carbocycles. The summed E-state index contributed by atoms with van der Waals surface area (Å²) in [7, 11) is 0. The summed E-state index contributed by atoms with van der Waals surface area (Å²) in [4.78, 5) is 4.05. The molecule has 2 aromatic rings. The summed E-state index contributed by atoms with van der Waals surface area (Å²) in [5, 5.41) is 12.4. The number of hydrogen-bond acceptors (Lipinski definition) is 3. The van der Waals surface area contributed by atoms with E-state index in [2.05, 4.69) is 10.3 Å². The fourth-order valence-corrected chi connectivity index (χ4v) is 1.53. The van der Waals surface area contributed by atoms with Crippen molar-refractivity contribution in [1.82, 2.24) is 4.98 Å². The van der Waals surface area contributed by atoms with E-state index >= 15 is 0 Å². The minimum absolute atomic E-state index is 0.0518. The number of benzene rings is 1. The Kier molecular flexibility index (Phi) is 3.51. The highest BCUT2D eigenvalue weighted by atomic mass is 16.3. The van der Waals surface area contributed by atoms with Crippen LogP contribution in [-0.2, 0) is 13.2 Å². The summed E-state index contributed by atoms with van der Waals surface area (Å²) in [5.41, 5.74) is 3.00. The van der Waals surface area contributed by atoms with E-state index in [1.54, 1.807) is 6.20 Å². The summed E-state index contributed by atoms with van der Waals surface area (Å²) >= 11 is 0. The topological polar surface area (TPSA) is 45.1 Å². The van der Waals surface area contributed by atoms with Crippen LogP contribution in [0.15, 0.2) is 48.8 Å². The molecule has 0 aliphatic rings. The lowest BCUT2D eigenvalue weighted by Gasteiger charge is -2.09. The van der Waals surface area contributed by atoms with E-state index < -0.39 is 0 Å². The zero-order chi connectivity index (χ0) is 11.2. The lowest BCUT2D eigenvalue weighted by molar-refractivity contribution is 0.282. The van der Waals surface area contributed by atoms with Crippen LogP contribution in [0, 0.1) is 0 Å². The Morgan fingerprint density at radius 3 is 2.75 bits per heavy atom. The van der Waals surface area contributed by atoms with Crippen LogP contribution in [0.25, 0.3) is 0 Å². The summed E-state index contributed by atoms with van der Waals surface area (Å²) in [6, 6.07) is 11.7. The van der Waals surface area contributed by atoms with Gasteiger partial charge in [0, 0.05) is 30.2 Å². The van der Waals surface area contributed by atoms with Crippen molar-refractivity contribution < 1.29 is 5.11 Å². The van der Waals surface area contributed by atoms with Gasteiger partial charge in [0.15, 0.2) is 0 Å². The van der Waals surface area contributed by atoms with E-state index in [0.29, 0.717) is 6.54 Å². The highest BCUT2D eigenvalue weighted by Gasteiger charge is 1.99. The Hall–Kier alpha value is -1.87. The molecule has 2 rings (SSSR count). The number of nitrogens with one attached hydrogen (secondary N) is 1. The minimum atomic E-state index is 0.0518. The third kappa shape index (κ3) is 2.58. The van der Waals surface area contributed by atoms with Crippen molar-refractivity contribution in [2.45, 2.75) is 13.2 Å². The molecule has 16 heavy (non-hydrogen) atoms. The molecule has 1 heterocycles. The molecule has 0 amide bonds. The highest BCUT2D eigenvalue weighted by molar-refractivity contribution is 5.50. The van der Waals surface area contributed by atoms with Gasteiger partial charge in [0.25, 0.3) is 0 Å². The number of aliphatic hydroxyl groups is 1. The molecule has 82 valence electrons. The number of nitrogens with zero attached hydrogens (tertiary/aromatic N) is 1. The van der Waals surface area contributed by atoms with Gasteiger partial charge in [-0.2, -0.15) is 0 Å². The summed E-state index contributed by atoms with van der Waals surface area (Å²) in [6.07, 6.45) is 3.58. The van der Waals surface area contributed by atoms with E-state index in [9.17, 15) is 0 Å². The normalized spacial score (nSPS) is 10.1. The molecular weight excluding hydrogens is 200 g/mol. The lowest BCUT2D eigenvalue weighted by Crippen LogP contribution is -2.02. The number of rotatable bonds is 4. The zero-order valence-corrected chi connectivity index (χ0v) is 8.93. The standard InChI is InChI=1S/C13H14N2O/c16-10-12-5-1-2-6-13(12)15-9-11-4-3-7-14-8-11/h1-8,15-16H,9-10H2. The van der Waals surface area contributed by atoms with Crippen molar-refractivity contribution >= 4 is 5.69 Å². The summed E-state index contributed by atoms with van der Waals surface area (Å²) in [5.74, 6) is 0. The van der Waals surface area contributed by atoms with Gasteiger partial charge in [-0.05, 0) is 17.7 Å². The van der Waals surface area contributed by atoms with E-state index in [1.165, 1.54) is 0 Å². The Bertz CT molecular complexity index is 443. The van der Waals surface area contributed by atoms with Crippen LogP contribution >= 0.6 is 0 Å². The molecule has 1 aromatic heterocycles. The Labute approximate surface area is 94.8 Å². The first-order valence-electron chi connectivity index (χ1n) is 5.21. The average molecular weight is 214 g/mol. The van der Waals surface area contributed by atoms with Crippen LogP contribution in [0.2, 0.25) is 0 Å². The van der Waals surface area contributed by atoms with Gasteiger partial charge >= 0.3 is 0 Å². The van der Waals surface area contributed by atoms with Crippen LogP contribution in [0.5, 0.6) is 0 Å². The molecule has 2 N–H and O–H groups in total. The number of para-hydroxylation sites is 1. The molecule has 0 saturated heterocycles. The molecule has 3 nitrogen and oxygen atoms in total. The Morgan fingerprint density at radius 2 is 2.00 bits per heavy atom. The van der Waals surface area contributed by atoms with E-state index in [0.717, 1.165) is 16.8 Å². The van der Waals surface area contributed by atoms with Gasteiger partial charge in [0.2, 0.25) is 0 Å². The van der Waals surface area contributed by atoms with Crippen LogP contribution in [0.1, 0.15) is 11.1 Å². The van der Waals surface area contributed by atoms with Gasteiger partial charge in [0.1, 0.15) is 0 Å². The van der Waals surface area contributed by atoms with E-state index in [1.807, 2.05) is 42.6 Å². The van der Waals surface area contributed by atoms with Crippen molar-refractivity contribution in [3.63, 3.8) is 0 Å². The van der Waals surface area contributed by atoms with E-state index in [-0.39, 0.29) is 6.61 Å². The monoisotopic (exact) mass is 214 g/mol. The predicted octanol–water partition coefficient (Wildman–Crippen LogP) is 2.19. The number of hydrogen-bond donors (Lipinski definition) is 2. The van der Waals surface area contributed by atoms with Gasteiger partial charge in [0.05, 0.1) is 6.61 Å². The summed E-state index contributed by atoms with van der Waals surface area (Å²) in [6.45, 7) is 0.765. The largest absolute Gasteiger partial charge is 0.392 e. The first-order chi connectivity index (χ1) is 7.90. The van der Waals surface area contributed by atoms with Gasteiger partial charge in [-0.25, -0.2) is 0 Å². The maximum atomic E-state index is 9.16. The van der Waals surface area contributed by atoms with Crippen molar-refractivity contribution in [3.05, 3.63) is 59.9 Å². The second-order valence-corrected chi connectivity index (χ2v) is 3.53. The van der Waals surface area contributed by atoms with Crippen LogP contribution in [0.4, 0.5) is 5.69 Å². The third-order valence-corrected chi connectivity index (χ3v) is 2.39. The predicted molar refractivity (Wildman–Crippen MR) is 63.9 cm³/mol. The zero-order valence-electron chi connectivity index (χ0n) is 8.93.